The summed E-state index contributed by atoms with van der Waals surface area (Å²) in [7, 11) is 1.49. The Hall–Kier alpha value is -1.74. The van der Waals surface area contributed by atoms with E-state index < -0.39 is 5.97 Å². The van der Waals surface area contributed by atoms with Crippen molar-refractivity contribution >= 4 is 12.0 Å². The maximum atomic E-state index is 11.9. The Balaban J connectivity index is 4.59. The minimum atomic E-state index is -1.06. The van der Waals surface area contributed by atoms with Crippen LogP contribution in [-0.4, -0.2) is 66.8 Å². The molecule has 0 aromatic heterocycles. The average Bonchev–Trinajstić information content (AvgIpc) is 2.30. The third-order valence-corrected chi connectivity index (χ3v) is 2.10. The number of carbonyl (C=O) groups is 2. The lowest BCUT2D eigenvalue weighted by atomic mass is 10.4. The van der Waals surface area contributed by atoms with Crippen molar-refractivity contribution in [3.05, 3.63) is 0 Å². The summed E-state index contributed by atoms with van der Waals surface area (Å²) >= 11 is 0. The Morgan fingerprint density at radius 3 is 2.47 bits per heavy atom. The summed E-state index contributed by atoms with van der Waals surface area (Å²) in [6.45, 7) is 2.54. The molecule has 0 rings (SSSR count). The van der Waals surface area contributed by atoms with E-state index in [-0.39, 0.29) is 32.3 Å². The van der Waals surface area contributed by atoms with Gasteiger partial charge in [0.25, 0.3) is 0 Å². The first-order chi connectivity index (χ1) is 8.06. The van der Waals surface area contributed by atoms with Gasteiger partial charge in [-0.3, -0.25) is 4.79 Å². The molecule has 6 heteroatoms. The molecule has 2 amide bonds. The van der Waals surface area contributed by atoms with Crippen LogP contribution in [0, 0.1) is 12.3 Å². The fraction of sp³-hybridized carbons (Fsp3) is 0.636. The molecule has 0 radical (unpaired) electrons. The number of hydrogen-bond donors (Lipinski definition) is 1. The second-order valence-electron chi connectivity index (χ2n) is 3.31. The van der Waals surface area contributed by atoms with Crippen molar-refractivity contribution in [2.75, 3.05) is 39.9 Å². The quantitative estimate of drug-likeness (QED) is 0.642. The average molecular weight is 242 g/mol. The molecule has 0 bridgehead atoms. The summed E-state index contributed by atoms with van der Waals surface area (Å²) < 4.78 is 4.83. The third-order valence-electron chi connectivity index (χ3n) is 2.10. The zero-order valence-electron chi connectivity index (χ0n) is 10.2. The molecule has 0 spiro atoms. The first-order valence-corrected chi connectivity index (χ1v) is 5.24. The summed E-state index contributed by atoms with van der Waals surface area (Å²) in [5, 5.41) is 8.72. The summed E-state index contributed by atoms with van der Waals surface area (Å²) in [6.07, 6.45) is 5.14. The number of carbonyl (C=O) groups excluding carboxylic acids is 1. The van der Waals surface area contributed by atoms with E-state index in [9.17, 15) is 9.59 Å². The molecule has 0 aromatic carbocycles. The second-order valence-corrected chi connectivity index (χ2v) is 3.31. The predicted molar refractivity (Wildman–Crippen MR) is 62.6 cm³/mol. The highest BCUT2D eigenvalue weighted by Gasteiger charge is 2.20. The van der Waals surface area contributed by atoms with E-state index in [0.29, 0.717) is 6.54 Å². The molecule has 1 N–H and O–H groups in total. The number of carboxylic acid groups (broad SMARTS) is 1. The van der Waals surface area contributed by atoms with Crippen molar-refractivity contribution in [2.45, 2.75) is 6.92 Å². The largest absolute Gasteiger partial charge is 0.480 e. The number of rotatable bonds is 7. The molecule has 0 saturated carbocycles. The van der Waals surface area contributed by atoms with Gasteiger partial charge in [-0.2, -0.15) is 0 Å². The van der Waals surface area contributed by atoms with Crippen LogP contribution in [0.4, 0.5) is 4.79 Å². The van der Waals surface area contributed by atoms with Gasteiger partial charge in [-0.25, -0.2) is 4.79 Å². The number of methoxy groups -OCH3 is 1. The van der Waals surface area contributed by atoms with Crippen LogP contribution in [0.25, 0.3) is 0 Å². The van der Waals surface area contributed by atoms with Crippen LogP contribution < -0.4 is 0 Å². The number of amides is 2. The number of carboxylic acids is 1. The van der Waals surface area contributed by atoms with Gasteiger partial charge in [0.1, 0.15) is 6.54 Å². The Morgan fingerprint density at radius 1 is 1.41 bits per heavy atom. The maximum absolute atomic E-state index is 11.9. The monoisotopic (exact) mass is 242 g/mol. The molecule has 17 heavy (non-hydrogen) atoms. The van der Waals surface area contributed by atoms with E-state index >= 15 is 0 Å². The van der Waals surface area contributed by atoms with Crippen LogP contribution in [0.3, 0.4) is 0 Å². The standard InChI is InChI=1S/C11H18N2O4/c1-4-6-12(5-2)11(16)13(7-8-17-3)9-10(14)15/h1H,5-9H2,2-3H3,(H,14,15). The Kier molecular flexibility index (Phi) is 7.55. The van der Waals surface area contributed by atoms with Gasteiger partial charge in [0, 0.05) is 20.2 Å². The summed E-state index contributed by atoms with van der Waals surface area (Å²) in [4.78, 5) is 25.2. The van der Waals surface area contributed by atoms with Crippen molar-refractivity contribution in [1.82, 2.24) is 9.80 Å². The van der Waals surface area contributed by atoms with Crippen molar-refractivity contribution in [3.63, 3.8) is 0 Å². The fourth-order valence-electron chi connectivity index (χ4n) is 1.23. The number of ether oxygens (including phenoxy) is 1. The normalized spacial score (nSPS) is 9.47. The molecule has 0 aliphatic rings. The van der Waals surface area contributed by atoms with Crippen LogP contribution >= 0.6 is 0 Å². The first kappa shape index (κ1) is 15.3. The molecule has 96 valence electrons. The number of terminal acetylenes is 1. The van der Waals surface area contributed by atoms with E-state index in [4.69, 9.17) is 16.3 Å². The summed E-state index contributed by atoms with van der Waals surface area (Å²) in [6, 6.07) is -0.384. The van der Waals surface area contributed by atoms with Crippen molar-refractivity contribution in [3.8, 4) is 12.3 Å². The molecular weight excluding hydrogens is 224 g/mol. The van der Waals surface area contributed by atoms with Gasteiger partial charge in [-0.05, 0) is 6.92 Å². The van der Waals surface area contributed by atoms with E-state index in [1.807, 2.05) is 0 Å². The zero-order chi connectivity index (χ0) is 13.3. The molecule has 6 nitrogen and oxygen atoms in total. The molecule has 0 aliphatic heterocycles. The van der Waals surface area contributed by atoms with E-state index in [1.165, 1.54) is 16.9 Å². The molecule has 0 fully saturated rings. The smallest absolute Gasteiger partial charge is 0.323 e. The van der Waals surface area contributed by atoms with Crippen LogP contribution in [0.2, 0.25) is 0 Å². The topological polar surface area (TPSA) is 70.1 Å². The Bertz CT molecular complexity index is 298. The van der Waals surface area contributed by atoms with Crippen LogP contribution in [0.5, 0.6) is 0 Å². The SMILES string of the molecule is C#CCN(CC)C(=O)N(CCOC)CC(=O)O. The van der Waals surface area contributed by atoms with Crippen molar-refractivity contribution < 1.29 is 19.4 Å². The molecule has 0 aliphatic carbocycles. The van der Waals surface area contributed by atoms with Gasteiger partial charge >= 0.3 is 12.0 Å². The maximum Gasteiger partial charge on any atom is 0.323 e. The van der Waals surface area contributed by atoms with Crippen molar-refractivity contribution in [1.29, 1.82) is 0 Å². The van der Waals surface area contributed by atoms with E-state index in [0.717, 1.165) is 0 Å². The Labute approximate surface area is 101 Å². The first-order valence-electron chi connectivity index (χ1n) is 5.24. The van der Waals surface area contributed by atoms with Gasteiger partial charge in [0.05, 0.1) is 13.2 Å². The highest BCUT2D eigenvalue weighted by Crippen LogP contribution is 1.99. The third kappa shape index (κ3) is 5.78. The summed E-state index contributed by atoms with van der Waals surface area (Å²) in [5.41, 5.74) is 0. The molecule has 0 aromatic rings. The number of aliphatic carboxylic acids is 1. The highest BCUT2D eigenvalue weighted by molar-refractivity contribution is 5.80. The minimum Gasteiger partial charge on any atom is -0.480 e. The molecular formula is C11H18N2O4. The summed E-state index contributed by atoms with van der Waals surface area (Å²) in [5.74, 6) is 1.30. The predicted octanol–water partition coefficient (Wildman–Crippen LogP) is 0.0945. The van der Waals surface area contributed by atoms with Gasteiger partial charge in [-0.15, -0.1) is 6.42 Å². The molecule has 0 heterocycles. The number of nitrogens with zero attached hydrogens (tertiary/aromatic N) is 2. The Morgan fingerprint density at radius 2 is 2.06 bits per heavy atom. The van der Waals surface area contributed by atoms with E-state index in [1.54, 1.807) is 6.92 Å². The van der Waals surface area contributed by atoms with Crippen LogP contribution in [0.15, 0.2) is 0 Å². The van der Waals surface area contributed by atoms with Gasteiger partial charge in [-0.1, -0.05) is 5.92 Å². The number of hydrogen-bond acceptors (Lipinski definition) is 3. The zero-order valence-corrected chi connectivity index (χ0v) is 10.2. The lowest BCUT2D eigenvalue weighted by Crippen LogP contribution is -2.46. The molecule has 0 atom stereocenters. The second kappa shape index (κ2) is 8.42. The number of urea groups is 1. The lowest BCUT2D eigenvalue weighted by molar-refractivity contribution is -0.137. The lowest BCUT2D eigenvalue weighted by Gasteiger charge is -2.27. The molecule has 0 saturated heterocycles. The fourth-order valence-corrected chi connectivity index (χ4v) is 1.23. The van der Waals surface area contributed by atoms with Crippen molar-refractivity contribution in [2.24, 2.45) is 0 Å². The van der Waals surface area contributed by atoms with Gasteiger partial charge in [0.15, 0.2) is 0 Å². The van der Waals surface area contributed by atoms with Gasteiger partial charge < -0.3 is 19.6 Å². The van der Waals surface area contributed by atoms with Crippen LogP contribution in [-0.2, 0) is 9.53 Å². The molecule has 0 unspecified atom stereocenters. The van der Waals surface area contributed by atoms with E-state index in [2.05, 4.69) is 5.92 Å². The van der Waals surface area contributed by atoms with Crippen LogP contribution in [0.1, 0.15) is 6.92 Å². The minimum absolute atomic E-state index is 0.165. The van der Waals surface area contributed by atoms with Gasteiger partial charge in [0.2, 0.25) is 0 Å². The highest BCUT2D eigenvalue weighted by atomic mass is 16.5.